The topological polar surface area (TPSA) is 104 Å². The Morgan fingerprint density at radius 1 is 1.15 bits per heavy atom. The highest BCUT2D eigenvalue weighted by atomic mass is 16.6. The predicted octanol–water partition coefficient (Wildman–Crippen LogP) is 3.86. The van der Waals surface area contributed by atoms with Crippen LogP contribution in [0.25, 0.3) is 33.5 Å². The van der Waals surface area contributed by atoms with Crippen molar-refractivity contribution >= 4 is 33.3 Å². The summed E-state index contributed by atoms with van der Waals surface area (Å²) in [5.74, 6) is 0.511. The van der Waals surface area contributed by atoms with Crippen LogP contribution in [-0.2, 0) is 0 Å². The Labute approximate surface area is 149 Å². The number of nitro benzene ring substituents is 1. The number of nitro groups is 1. The van der Waals surface area contributed by atoms with Crippen LogP contribution in [0, 0.1) is 10.1 Å². The van der Waals surface area contributed by atoms with Crippen molar-refractivity contribution in [3.8, 4) is 11.5 Å². The van der Waals surface area contributed by atoms with Gasteiger partial charge in [0.05, 0.1) is 21.5 Å². The molecule has 0 amide bonds. The summed E-state index contributed by atoms with van der Waals surface area (Å²) in [5, 5.41) is 19.0. The molecule has 0 saturated carbocycles. The van der Waals surface area contributed by atoms with E-state index in [2.05, 4.69) is 38.9 Å². The van der Waals surface area contributed by atoms with E-state index in [4.69, 9.17) is 0 Å². The quantitative estimate of drug-likeness (QED) is 0.420. The zero-order valence-corrected chi connectivity index (χ0v) is 14.5. The van der Waals surface area contributed by atoms with E-state index in [1.807, 2.05) is 18.2 Å². The summed E-state index contributed by atoms with van der Waals surface area (Å²) in [5.41, 5.74) is 3.85. The lowest BCUT2D eigenvalue weighted by Crippen LogP contribution is -2.21. The first-order chi connectivity index (χ1) is 12.6. The van der Waals surface area contributed by atoms with Crippen molar-refractivity contribution in [3.63, 3.8) is 0 Å². The molecule has 2 aromatic carbocycles. The number of nitrogens with zero attached hydrogens (tertiary/aromatic N) is 4. The molecule has 0 aliphatic rings. The minimum atomic E-state index is -0.400. The van der Waals surface area contributed by atoms with E-state index < -0.39 is 4.92 Å². The number of aromatic amines is 2. The highest BCUT2D eigenvalue weighted by molar-refractivity contribution is 5.99. The van der Waals surface area contributed by atoms with Gasteiger partial charge in [0.15, 0.2) is 5.82 Å². The summed E-state index contributed by atoms with van der Waals surface area (Å²) in [6.45, 7) is 6.06. The lowest BCUT2D eigenvalue weighted by molar-refractivity contribution is -0.383. The van der Waals surface area contributed by atoms with Crippen LogP contribution >= 0.6 is 0 Å². The van der Waals surface area contributed by atoms with Crippen LogP contribution in [0.3, 0.4) is 0 Å². The molecule has 8 nitrogen and oxygen atoms in total. The van der Waals surface area contributed by atoms with Gasteiger partial charge in [0.25, 0.3) is 5.69 Å². The summed E-state index contributed by atoms with van der Waals surface area (Å²) in [7, 11) is 0. The fourth-order valence-corrected chi connectivity index (χ4v) is 3.27. The number of non-ortho nitro benzene ring substituents is 1. The van der Waals surface area contributed by atoms with Crippen molar-refractivity contribution in [1.29, 1.82) is 0 Å². The molecule has 0 fully saturated rings. The number of anilines is 1. The van der Waals surface area contributed by atoms with Gasteiger partial charge < -0.3 is 9.88 Å². The maximum atomic E-state index is 11.4. The smallest absolute Gasteiger partial charge is 0.281 e. The second kappa shape index (κ2) is 6.14. The summed E-state index contributed by atoms with van der Waals surface area (Å²) < 4.78 is 0. The SMILES string of the molecule is CCN(CC)c1ccc2nc(-c3n[nH]c4cccc([N+](=O)[O-])c34)[nH]c2c1. The zero-order valence-electron chi connectivity index (χ0n) is 14.5. The molecular weight excluding hydrogens is 332 g/mol. The van der Waals surface area contributed by atoms with Crippen molar-refractivity contribution in [1.82, 2.24) is 20.2 Å². The molecule has 0 atom stereocenters. The standard InChI is InChI=1S/C18H18N6O2/c1-3-23(4-2)11-8-9-12-14(10-11)20-18(19-12)17-16-13(21-22-17)6-5-7-15(16)24(25)26/h5-10H,3-4H2,1-2H3,(H,19,20)(H,21,22). The number of H-pyrrole nitrogens is 2. The van der Waals surface area contributed by atoms with E-state index in [-0.39, 0.29) is 5.69 Å². The zero-order chi connectivity index (χ0) is 18.3. The van der Waals surface area contributed by atoms with Crippen LogP contribution in [0.4, 0.5) is 11.4 Å². The largest absolute Gasteiger partial charge is 0.372 e. The fraction of sp³-hybridized carbons (Fsp3) is 0.222. The molecule has 8 heteroatoms. The Hall–Kier alpha value is -3.42. The van der Waals surface area contributed by atoms with Crippen molar-refractivity contribution in [3.05, 3.63) is 46.5 Å². The Bertz CT molecular complexity index is 1110. The van der Waals surface area contributed by atoms with Crippen molar-refractivity contribution in [2.24, 2.45) is 0 Å². The average Bonchev–Trinajstić information content (AvgIpc) is 3.25. The average molecular weight is 350 g/mol. The summed E-state index contributed by atoms with van der Waals surface area (Å²) in [4.78, 5) is 21.1. The molecule has 0 bridgehead atoms. The third kappa shape index (κ3) is 2.46. The first-order valence-corrected chi connectivity index (χ1v) is 8.49. The minimum absolute atomic E-state index is 0.00976. The van der Waals surface area contributed by atoms with Crippen molar-refractivity contribution < 1.29 is 4.92 Å². The van der Waals surface area contributed by atoms with Gasteiger partial charge >= 0.3 is 0 Å². The number of hydrogen-bond acceptors (Lipinski definition) is 5. The highest BCUT2D eigenvalue weighted by Gasteiger charge is 2.21. The normalized spacial score (nSPS) is 11.3. The second-order valence-corrected chi connectivity index (χ2v) is 5.99. The highest BCUT2D eigenvalue weighted by Crippen LogP contribution is 2.33. The van der Waals surface area contributed by atoms with Gasteiger partial charge in [-0.15, -0.1) is 0 Å². The Morgan fingerprint density at radius 3 is 2.69 bits per heavy atom. The summed E-state index contributed by atoms with van der Waals surface area (Å²) in [6, 6.07) is 10.9. The third-order valence-corrected chi connectivity index (χ3v) is 4.58. The van der Waals surface area contributed by atoms with Crippen LogP contribution < -0.4 is 4.90 Å². The van der Waals surface area contributed by atoms with Gasteiger partial charge in [-0.3, -0.25) is 15.2 Å². The fourth-order valence-electron chi connectivity index (χ4n) is 3.27. The van der Waals surface area contributed by atoms with E-state index in [0.717, 1.165) is 29.8 Å². The number of nitrogens with one attached hydrogen (secondary N) is 2. The van der Waals surface area contributed by atoms with Crippen LogP contribution in [-0.4, -0.2) is 38.2 Å². The molecule has 0 aliphatic heterocycles. The number of aromatic nitrogens is 4. The third-order valence-electron chi connectivity index (χ3n) is 4.58. The van der Waals surface area contributed by atoms with Crippen LogP contribution in [0.5, 0.6) is 0 Å². The Morgan fingerprint density at radius 2 is 1.96 bits per heavy atom. The summed E-state index contributed by atoms with van der Waals surface area (Å²) in [6.07, 6.45) is 0. The van der Waals surface area contributed by atoms with Gasteiger partial charge in [0, 0.05) is 24.8 Å². The van der Waals surface area contributed by atoms with E-state index in [1.165, 1.54) is 6.07 Å². The van der Waals surface area contributed by atoms with Crippen LogP contribution in [0.1, 0.15) is 13.8 Å². The van der Waals surface area contributed by atoms with E-state index in [1.54, 1.807) is 12.1 Å². The monoisotopic (exact) mass is 350 g/mol. The molecule has 4 aromatic rings. The predicted molar refractivity (Wildman–Crippen MR) is 101 cm³/mol. The Kier molecular flexibility index (Phi) is 3.80. The number of rotatable bonds is 5. The molecular formula is C18H18N6O2. The maximum absolute atomic E-state index is 11.4. The van der Waals surface area contributed by atoms with E-state index >= 15 is 0 Å². The van der Waals surface area contributed by atoms with Gasteiger partial charge in [-0.05, 0) is 38.1 Å². The molecule has 0 saturated heterocycles. The molecule has 4 rings (SSSR count). The number of fused-ring (bicyclic) bond motifs is 2. The van der Waals surface area contributed by atoms with Gasteiger partial charge in [-0.1, -0.05) is 6.07 Å². The molecule has 2 heterocycles. The molecule has 0 unspecified atom stereocenters. The molecule has 132 valence electrons. The van der Waals surface area contributed by atoms with Crippen LogP contribution in [0.2, 0.25) is 0 Å². The molecule has 0 radical (unpaired) electrons. The first-order valence-electron chi connectivity index (χ1n) is 8.49. The lowest BCUT2D eigenvalue weighted by atomic mass is 10.1. The van der Waals surface area contributed by atoms with E-state index in [0.29, 0.717) is 22.4 Å². The van der Waals surface area contributed by atoms with Gasteiger partial charge in [0.2, 0.25) is 0 Å². The second-order valence-electron chi connectivity index (χ2n) is 5.99. The summed E-state index contributed by atoms with van der Waals surface area (Å²) >= 11 is 0. The number of imidazole rings is 1. The maximum Gasteiger partial charge on any atom is 0.281 e. The lowest BCUT2D eigenvalue weighted by Gasteiger charge is -2.20. The van der Waals surface area contributed by atoms with Gasteiger partial charge in [-0.25, -0.2) is 4.98 Å². The molecule has 0 aliphatic carbocycles. The number of hydrogen-bond donors (Lipinski definition) is 2. The van der Waals surface area contributed by atoms with Gasteiger partial charge in [0.1, 0.15) is 11.1 Å². The molecule has 2 N–H and O–H groups in total. The van der Waals surface area contributed by atoms with E-state index in [9.17, 15) is 10.1 Å². The van der Waals surface area contributed by atoms with Gasteiger partial charge in [-0.2, -0.15) is 5.10 Å². The number of benzene rings is 2. The minimum Gasteiger partial charge on any atom is -0.372 e. The van der Waals surface area contributed by atoms with Crippen molar-refractivity contribution in [2.45, 2.75) is 13.8 Å². The molecule has 0 spiro atoms. The molecule has 26 heavy (non-hydrogen) atoms. The Balaban J connectivity index is 1.87. The van der Waals surface area contributed by atoms with Crippen molar-refractivity contribution in [2.75, 3.05) is 18.0 Å². The van der Waals surface area contributed by atoms with Crippen LogP contribution in [0.15, 0.2) is 36.4 Å². The molecule has 2 aromatic heterocycles. The first kappa shape index (κ1) is 16.1.